The molecule has 1 aromatic rings. The summed E-state index contributed by atoms with van der Waals surface area (Å²) in [5, 5.41) is 2.87. The lowest BCUT2D eigenvalue weighted by Gasteiger charge is -2.26. The zero-order valence-electron chi connectivity index (χ0n) is 11.1. The number of hydrogen-bond acceptors (Lipinski definition) is 4. The first kappa shape index (κ1) is 13.7. The van der Waals surface area contributed by atoms with Crippen molar-refractivity contribution in [3.05, 3.63) is 24.3 Å². The number of fused-ring (bicyclic) bond motifs is 1. The predicted molar refractivity (Wildman–Crippen MR) is 72.2 cm³/mol. The summed E-state index contributed by atoms with van der Waals surface area (Å²) in [6.45, 7) is 3.54. The van der Waals surface area contributed by atoms with Crippen LogP contribution in [0, 0.1) is 5.92 Å². The largest absolute Gasteiger partial charge is 0.485 e. The summed E-state index contributed by atoms with van der Waals surface area (Å²) in [4.78, 5) is 12.0. The van der Waals surface area contributed by atoms with Crippen molar-refractivity contribution >= 4 is 5.91 Å². The molecule has 0 spiro atoms. The Morgan fingerprint density at radius 2 is 2.21 bits per heavy atom. The molecule has 1 aliphatic rings. The van der Waals surface area contributed by atoms with Gasteiger partial charge in [0.15, 0.2) is 11.5 Å². The van der Waals surface area contributed by atoms with Gasteiger partial charge in [0.2, 0.25) is 6.10 Å². The Labute approximate surface area is 113 Å². The Bertz CT molecular complexity index is 436. The number of para-hydroxylation sites is 2. The highest BCUT2D eigenvalue weighted by atomic mass is 16.6. The van der Waals surface area contributed by atoms with Gasteiger partial charge in [-0.15, -0.1) is 0 Å². The molecular weight excluding hydrogens is 244 g/mol. The number of benzene rings is 1. The molecule has 0 aliphatic carbocycles. The third-order valence-corrected chi connectivity index (χ3v) is 3.09. The van der Waals surface area contributed by atoms with Crippen LogP contribution in [-0.2, 0) is 4.79 Å². The molecule has 0 saturated heterocycles. The second-order valence-corrected chi connectivity index (χ2v) is 4.79. The van der Waals surface area contributed by atoms with E-state index in [-0.39, 0.29) is 12.5 Å². The third kappa shape index (κ3) is 3.61. The van der Waals surface area contributed by atoms with E-state index in [0.717, 1.165) is 6.42 Å². The first-order valence-electron chi connectivity index (χ1n) is 6.57. The summed E-state index contributed by atoms with van der Waals surface area (Å²) in [6, 6.07) is 7.35. The van der Waals surface area contributed by atoms with E-state index in [1.807, 2.05) is 18.2 Å². The van der Waals surface area contributed by atoms with Gasteiger partial charge in [-0.25, -0.2) is 0 Å². The van der Waals surface area contributed by atoms with E-state index in [2.05, 4.69) is 12.2 Å². The van der Waals surface area contributed by atoms with Crippen LogP contribution in [0.25, 0.3) is 0 Å². The van der Waals surface area contributed by atoms with Crippen molar-refractivity contribution in [2.24, 2.45) is 11.7 Å². The lowest BCUT2D eigenvalue weighted by Crippen LogP contribution is -2.45. The Hall–Kier alpha value is -1.75. The molecule has 0 saturated carbocycles. The van der Waals surface area contributed by atoms with Gasteiger partial charge >= 0.3 is 0 Å². The fourth-order valence-corrected chi connectivity index (χ4v) is 1.92. The van der Waals surface area contributed by atoms with Crippen LogP contribution in [0.5, 0.6) is 11.5 Å². The number of nitrogens with one attached hydrogen (secondary N) is 1. The number of hydrogen-bond donors (Lipinski definition) is 2. The summed E-state index contributed by atoms with van der Waals surface area (Å²) in [5.74, 6) is 1.52. The SMILES string of the molecule is CC(CCN)CNC(=O)C1COc2ccccc2O1. The van der Waals surface area contributed by atoms with Gasteiger partial charge in [0.05, 0.1) is 0 Å². The molecule has 5 heteroatoms. The standard InChI is InChI=1S/C14H20N2O3/c1-10(6-7-15)8-16-14(17)13-9-18-11-4-2-3-5-12(11)19-13/h2-5,10,13H,6-9,15H2,1H3,(H,16,17). The number of amides is 1. The lowest BCUT2D eigenvalue weighted by molar-refractivity contribution is -0.130. The van der Waals surface area contributed by atoms with Crippen molar-refractivity contribution < 1.29 is 14.3 Å². The first-order valence-corrected chi connectivity index (χ1v) is 6.57. The van der Waals surface area contributed by atoms with Crippen LogP contribution in [-0.4, -0.2) is 31.7 Å². The van der Waals surface area contributed by atoms with Gasteiger partial charge in [-0.1, -0.05) is 19.1 Å². The van der Waals surface area contributed by atoms with Gasteiger partial charge in [0.1, 0.15) is 6.61 Å². The van der Waals surface area contributed by atoms with Gasteiger partial charge in [-0.05, 0) is 31.0 Å². The monoisotopic (exact) mass is 264 g/mol. The van der Waals surface area contributed by atoms with Crippen LogP contribution < -0.4 is 20.5 Å². The highest BCUT2D eigenvalue weighted by molar-refractivity contribution is 5.81. The van der Waals surface area contributed by atoms with Crippen LogP contribution in [0.3, 0.4) is 0 Å². The molecule has 104 valence electrons. The highest BCUT2D eigenvalue weighted by Gasteiger charge is 2.27. The Kier molecular flexibility index (Phi) is 4.63. The maximum absolute atomic E-state index is 12.0. The van der Waals surface area contributed by atoms with Gasteiger partial charge in [-0.3, -0.25) is 4.79 Å². The summed E-state index contributed by atoms with van der Waals surface area (Å²) in [7, 11) is 0. The van der Waals surface area contributed by atoms with Crippen LogP contribution in [0.1, 0.15) is 13.3 Å². The smallest absolute Gasteiger partial charge is 0.264 e. The number of rotatable bonds is 5. The van der Waals surface area contributed by atoms with Crippen molar-refractivity contribution in [1.29, 1.82) is 0 Å². The van der Waals surface area contributed by atoms with Crippen molar-refractivity contribution in [3.8, 4) is 11.5 Å². The topological polar surface area (TPSA) is 73.6 Å². The van der Waals surface area contributed by atoms with Gasteiger partial charge in [0.25, 0.3) is 5.91 Å². The summed E-state index contributed by atoms with van der Waals surface area (Å²) < 4.78 is 11.1. The molecule has 1 amide bonds. The normalized spacial score (nSPS) is 18.7. The fraction of sp³-hybridized carbons (Fsp3) is 0.500. The first-order chi connectivity index (χ1) is 9.20. The molecule has 1 aromatic carbocycles. The summed E-state index contributed by atoms with van der Waals surface area (Å²) in [6.07, 6.45) is 0.311. The van der Waals surface area contributed by atoms with Gasteiger partial charge in [-0.2, -0.15) is 0 Å². The van der Waals surface area contributed by atoms with E-state index in [0.29, 0.717) is 30.5 Å². The highest BCUT2D eigenvalue weighted by Crippen LogP contribution is 2.30. The summed E-state index contributed by atoms with van der Waals surface area (Å²) in [5.41, 5.74) is 5.47. The van der Waals surface area contributed by atoms with Gasteiger partial charge < -0.3 is 20.5 Å². The van der Waals surface area contributed by atoms with E-state index < -0.39 is 6.10 Å². The molecule has 1 aliphatic heterocycles. The molecule has 0 fully saturated rings. The zero-order chi connectivity index (χ0) is 13.7. The average molecular weight is 264 g/mol. The van der Waals surface area contributed by atoms with E-state index in [1.54, 1.807) is 6.07 Å². The number of nitrogens with two attached hydrogens (primary N) is 1. The Morgan fingerprint density at radius 3 is 2.95 bits per heavy atom. The van der Waals surface area contributed by atoms with E-state index in [9.17, 15) is 4.79 Å². The van der Waals surface area contributed by atoms with Gasteiger partial charge in [0, 0.05) is 6.54 Å². The van der Waals surface area contributed by atoms with E-state index >= 15 is 0 Å². The third-order valence-electron chi connectivity index (χ3n) is 3.09. The van der Waals surface area contributed by atoms with E-state index in [4.69, 9.17) is 15.2 Å². The maximum atomic E-state index is 12.0. The molecule has 2 unspecified atom stereocenters. The van der Waals surface area contributed by atoms with Crippen LogP contribution >= 0.6 is 0 Å². The molecule has 2 atom stereocenters. The quantitative estimate of drug-likeness (QED) is 0.829. The molecule has 19 heavy (non-hydrogen) atoms. The molecule has 3 N–H and O–H groups in total. The molecule has 0 radical (unpaired) electrons. The Balaban J connectivity index is 1.85. The number of ether oxygens (including phenoxy) is 2. The molecule has 0 aromatic heterocycles. The molecule has 5 nitrogen and oxygen atoms in total. The summed E-state index contributed by atoms with van der Waals surface area (Å²) >= 11 is 0. The lowest BCUT2D eigenvalue weighted by atomic mass is 10.1. The second-order valence-electron chi connectivity index (χ2n) is 4.79. The van der Waals surface area contributed by atoms with E-state index in [1.165, 1.54) is 0 Å². The fourth-order valence-electron chi connectivity index (χ4n) is 1.92. The Morgan fingerprint density at radius 1 is 1.47 bits per heavy atom. The predicted octanol–water partition coefficient (Wildman–Crippen LogP) is 0.928. The van der Waals surface area contributed by atoms with Crippen LogP contribution in [0.2, 0.25) is 0 Å². The van der Waals surface area contributed by atoms with Crippen molar-refractivity contribution in [2.45, 2.75) is 19.4 Å². The molecular formula is C14H20N2O3. The van der Waals surface area contributed by atoms with Crippen molar-refractivity contribution in [2.75, 3.05) is 19.7 Å². The second kappa shape index (κ2) is 6.43. The zero-order valence-corrected chi connectivity index (χ0v) is 11.1. The van der Waals surface area contributed by atoms with Crippen LogP contribution in [0.4, 0.5) is 0 Å². The minimum absolute atomic E-state index is 0.140. The molecule has 0 bridgehead atoms. The number of carbonyl (C=O) groups excluding carboxylic acids is 1. The minimum Gasteiger partial charge on any atom is -0.485 e. The average Bonchev–Trinajstić information content (AvgIpc) is 2.44. The van der Waals surface area contributed by atoms with Crippen LogP contribution in [0.15, 0.2) is 24.3 Å². The number of carbonyl (C=O) groups is 1. The molecule has 1 heterocycles. The minimum atomic E-state index is -0.583. The molecule has 2 rings (SSSR count). The maximum Gasteiger partial charge on any atom is 0.264 e. The van der Waals surface area contributed by atoms with Crippen molar-refractivity contribution in [1.82, 2.24) is 5.32 Å². The van der Waals surface area contributed by atoms with Crippen molar-refractivity contribution in [3.63, 3.8) is 0 Å².